The zero-order chi connectivity index (χ0) is 20.6. The zero-order valence-electron chi connectivity index (χ0n) is 14.7. The van der Waals surface area contributed by atoms with Gasteiger partial charge in [-0.2, -0.15) is 18.3 Å². The minimum absolute atomic E-state index is 0.0373. The molecule has 0 atom stereocenters. The van der Waals surface area contributed by atoms with E-state index >= 15 is 0 Å². The number of rotatable bonds is 3. The Hall–Kier alpha value is -3.95. The van der Waals surface area contributed by atoms with Crippen LogP contribution < -0.4 is 11.1 Å². The zero-order valence-corrected chi connectivity index (χ0v) is 14.7. The highest BCUT2D eigenvalue weighted by Gasteiger charge is 2.32. The summed E-state index contributed by atoms with van der Waals surface area (Å²) in [4.78, 5) is 19.9. The molecule has 0 saturated heterocycles. The first-order valence-corrected chi connectivity index (χ1v) is 8.35. The molecule has 0 aliphatic rings. The summed E-state index contributed by atoms with van der Waals surface area (Å²) in [5.41, 5.74) is 7.28. The number of carbonyl (C=O) groups excluding carboxylic acids is 1. The number of nitrogens with one attached hydrogen (secondary N) is 2. The van der Waals surface area contributed by atoms with Gasteiger partial charge in [-0.25, -0.2) is 0 Å². The summed E-state index contributed by atoms with van der Waals surface area (Å²) < 4.78 is 38.4. The lowest BCUT2D eigenvalue weighted by atomic mass is 10.0. The van der Waals surface area contributed by atoms with E-state index in [0.717, 1.165) is 23.4 Å². The van der Waals surface area contributed by atoms with Gasteiger partial charge in [0.2, 0.25) is 0 Å². The molecule has 0 radical (unpaired) electrons. The van der Waals surface area contributed by atoms with Gasteiger partial charge in [-0.05, 0) is 35.9 Å². The largest absolute Gasteiger partial charge is 0.433 e. The van der Waals surface area contributed by atoms with Gasteiger partial charge in [0.15, 0.2) is 5.69 Å². The highest BCUT2D eigenvalue weighted by molar-refractivity contribution is 6.11. The highest BCUT2D eigenvalue weighted by atomic mass is 19.4. The Labute approximate surface area is 161 Å². The van der Waals surface area contributed by atoms with Gasteiger partial charge < -0.3 is 11.1 Å². The molecule has 0 saturated carbocycles. The molecule has 3 heterocycles. The van der Waals surface area contributed by atoms with E-state index in [0.29, 0.717) is 16.6 Å². The fraction of sp³-hybridized carbons (Fsp3) is 0.0526. The van der Waals surface area contributed by atoms with Crippen molar-refractivity contribution in [2.75, 3.05) is 11.1 Å². The number of carbonyl (C=O) groups is 1. The van der Waals surface area contributed by atoms with Crippen LogP contribution in [0.3, 0.4) is 0 Å². The van der Waals surface area contributed by atoms with Crippen LogP contribution in [0.2, 0.25) is 0 Å². The van der Waals surface area contributed by atoms with Crippen molar-refractivity contribution in [3.63, 3.8) is 0 Å². The van der Waals surface area contributed by atoms with Crippen LogP contribution in [-0.4, -0.2) is 26.1 Å². The number of amides is 1. The topological polar surface area (TPSA) is 110 Å². The number of halogens is 3. The molecule has 7 nitrogen and oxygen atoms in total. The molecule has 3 aromatic heterocycles. The van der Waals surface area contributed by atoms with Gasteiger partial charge >= 0.3 is 6.18 Å². The van der Waals surface area contributed by atoms with Crippen LogP contribution in [0.1, 0.15) is 16.2 Å². The van der Waals surface area contributed by atoms with Gasteiger partial charge in [0.1, 0.15) is 5.69 Å². The molecule has 0 unspecified atom stereocenters. The predicted octanol–water partition coefficient (Wildman–Crippen LogP) is 3.87. The minimum Gasteiger partial charge on any atom is -0.397 e. The van der Waals surface area contributed by atoms with Crippen molar-refractivity contribution >= 4 is 28.2 Å². The number of aromatic nitrogens is 4. The lowest BCUT2D eigenvalue weighted by Gasteiger charge is -2.08. The molecule has 1 amide bonds. The second-order valence-electron chi connectivity index (χ2n) is 6.22. The van der Waals surface area contributed by atoms with E-state index in [1.54, 1.807) is 24.4 Å². The Balaban J connectivity index is 1.67. The second-order valence-corrected chi connectivity index (χ2v) is 6.22. The van der Waals surface area contributed by atoms with E-state index in [4.69, 9.17) is 5.73 Å². The van der Waals surface area contributed by atoms with Crippen LogP contribution >= 0.6 is 0 Å². The number of hydrogen-bond donors (Lipinski definition) is 3. The monoisotopic (exact) mass is 398 g/mol. The summed E-state index contributed by atoms with van der Waals surface area (Å²) in [6.45, 7) is 0. The quantitative estimate of drug-likeness (QED) is 0.485. The van der Waals surface area contributed by atoms with Crippen LogP contribution in [0.25, 0.3) is 22.0 Å². The van der Waals surface area contributed by atoms with Crippen molar-refractivity contribution < 1.29 is 18.0 Å². The average molecular weight is 398 g/mol. The lowest BCUT2D eigenvalue weighted by molar-refractivity contribution is -0.141. The second kappa shape index (κ2) is 6.89. The smallest absolute Gasteiger partial charge is 0.397 e. The maximum atomic E-state index is 12.8. The van der Waals surface area contributed by atoms with E-state index in [1.165, 1.54) is 12.3 Å². The summed E-state index contributed by atoms with van der Waals surface area (Å²) in [7, 11) is 0. The third kappa shape index (κ3) is 3.72. The number of nitrogens with two attached hydrogens (primary N) is 1. The molecule has 4 N–H and O–H groups in total. The number of pyridine rings is 2. The number of hydrogen-bond acceptors (Lipinski definition) is 5. The molecule has 0 bridgehead atoms. The van der Waals surface area contributed by atoms with Gasteiger partial charge in [0, 0.05) is 35.2 Å². The molecule has 146 valence electrons. The van der Waals surface area contributed by atoms with Crippen molar-refractivity contribution in [1.82, 2.24) is 20.2 Å². The van der Waals surface area contributed by atoms with E-state index in [1.807, 2.05) is 6.07 Å². The van der Waals surface area contributed by atoms with Gasteiger partial charge in [0.25, 0.3) is 5.91 Å². The van der Waals surface area contributed by atoms with Gasteiger partial charge in [0.05, 0.1) is 11.2 Å². The third-order valence-electron chi connectivity index (χ3n) is 4.18. The maximum Gasteiger partial charge on any atom is 0.433 e. The Morgan fingerprint density at radius 2 is 1.90 bits per heavy atom. The number of aromatic amines is 1. The molecular weight excluding hydrogens is 385 g/mol. The molecule has 10 heteroatoms. The Morgan fingerprint density at radius 3 is 2.66 bits per heavy atom. The molecule has 0 aliphatic carbocycles. The fourth-order valence-electron chi connectivity index (χ4n) is 2.84. The molecule has 0 fully saturated rings. The molecule has 0 spiro atoms. The predicted molar refractivity (Wildman–Crippen MR) is 101 cm³/mol. The van der Waals surface area contributed by atoms with Crippen molar-refractivity contribution in [3.05, 3.63) is 66.4 Å². The number of nitrogens with zero attached hydrogens (tertiary/aromatic N) is 3. The average Bonchev–Trinajstić information content (AvgIpc) is 3.11. The van der Waals surface area contributed by atoms with Crippen molar-refractivity contribution in [2.24, 2.45) is 0 Å². The van der Waals surface area contributed by atoms with Crippen LogP contribution in [0.5, 0.6) is 0 Å². The van der Waals surface area contributed by atoms with E-state index < -0.39 is 17.8 Å². The maximum absolute atomic E-state index is 12.8. The SMILES string of the molecule is Nc1cncc(-c2ccc3[nH]nc(C(=O)Nc4ccnc(C(F)(F)F)c4)c3c2)c1. The summed E-state index contributed by atoms with van der Waals surface area (Å²) in [5.74, 6) is -0.654. The number of fused-ring (bicyclic) bond motifs is 1. The number of anilines is 2. The van der Waals surface area contributed by atoms with E-state index in [9.17, 15) is 18.0 Å². The molecule has 4 aromatic rings. The Kier molecular flexibility index (Phi) is 4.38. The highest BCUT2D eigenvalue weighted by Crippen LogP contribution is 2.29. The molecule has 1 aromatic carbocycles. The van der Waals surface area contributed by atoms with Crippen molar-refractivity contribution in [2.45, 2.75) is 6.18 Å². The van der Waals surface area contributed by atoms with Crippen molar-refractivity contribution in [3.8, 4) is 11.1 Å². The first kappa shape index (κ1) is 18.4. The van der Waals surface area contributed by atoms with E-state index in [-0.39, 0.29) is 11.4 Å². The third-order valence-corrected chi connectivity index (χ3v) is 4.18. The number of benzene rings is 1. The normalized spacial score (nSPS) is 11.6. The van der Waals surface area contributed by atoms with Gasteiger partial charge in [-0.3, -0.25) is 19.9 Å². The molecule has 29 heavy (non-hydrogen) atoms. The first-order valence-electron chi connectivity index (χ1n) is 8.35. The first-order chi connectivity index (χ1) is 13.8. The number of nitrogen functional groups attached to an aromatic ring is 1. The van der Waals surface area contributed by atoms with Crippen LogP contribution in [0.4, 0.5) is 24.5 Å². The molecule has 0 aliphatic heterocycles. The molecular formula is C19H13F3N6O. The molecule has 4 rings (SSSR count). The van der Waals surface area contributed by atoms with E-state index in [2.05, 4.69) is 25.5 Å². The Bertz CT molecular complexity index is 1220. The summed E-state index contributed by atoms with van der Waals surface area (Å²) in [6.07, 6.45) is -0.484. The summed E-state index contributed by atoms with van der Waals surface area (Å²) >= 11 is 0. The van der Waals surface area contributed by atoms with Crippen LogP contribution in [0.15, 0.2) is 55.0 Å². The van der Waals surface area contributed by atoms with Crippen LogP contribution in [-0.2, 0) is 6.18 Å². The van der Waals surface area contributed by atoms with Gasteiger partial charge in [-0.1, -0.05) is 6.07 Å². The standard InChI is InChI=1S/C19H13F3N6O/c20-19(21,22)16-7-13(3-4-25-16)26-18(29)17-14-6-10(1-2-15(14)27-28-17)11-5-12(23)9-24-8-11/h1-9H,23H2,(H,27,28)(H,25,26,29). The van der Waals surface area contributed by atoms with Crippen molar-refractivity contribution in [1.29, 1.82) is 0 Å². The summed E-state index contributed by atoms with van der Waals surface area (Å²) in [6, 6.07) is 9.06. The van der Waals surface area contributed by atoms with Crippen LogP contribution in [0, 0.1) is 0 Å². The number of H-pyrrole nitrogens is 1. The van der Waals surface area contributed by atoms with Gasteiger partial charge in [-0.15, -0.1) is 0 Å². The lowest BCUT2D eigenvalue weighted by Crippen LogP contribution is -2.14. The fourth-order valence-corrected chi connectivity index (χ4v) is 2.84. The Morgan fingerprint density at radius 1 is 1.07 bits per heavy atom. The number of alkyl halides is 3. The summed E-state index contributed by atoms with van der Waals surface area (Å²) in [5, 5.41) is 9.67. The minimum atomic E-state index is -4.61.